The molecular weight excluding hydrogens is 536 g/mol. The van der Waals surface area contributed by atoms with Crippen molar-refractivity contribution in [3.63, 3.8) is 0 Å². The molecule has 0 unspecified atom stereocenters. The van der Waals surface area contributed by atoms with E-state index in [1.807, 2.05) is 18.3 Å². The second-order valence-corrected chi connectivity index (χ2v) is 11.1. The van der Waals surface area contributed by atoms with Gasteiger partial charge in [-0.15, -0.1) is 0 Å². The third-order valence-corrected chi connectivity index (χ3v) is 8.57. The summed E-state index contributed by atoms with van der Waals surface area (Å²) in [5, 5.41) is 10.1. The molecule has 9 rings (SSSR count). The zero-order chi connectivity index (χ0) is 29.0. The number of hydrogen-bond acceptors (Lipinski definition) is 2. The molecule has 9 aromatic rings. The molecule has 206 valence electrons. The number of rotatable bonds is 4. The maximum Gasteiger partial charge on any atom is 0.101 e. The van der Waals surface area contributed by atoms with E-state index >= 15 is 0 Å². The first kappa shape index (κ1) is 24.6. The highest BCUT2D eigenvalue weighted by Gasteiger charge is 2.22. The van der Waals surface area contributed by atoms with Crippen molar-refractivity contribution in [1.82, 2.24) is 19.2 Å². The summed E-state index contributed by atoms with van der Waals surface area (Å²) in [6, 6.07) is 53.5. The van der Waals surface area contributed by atoms with Crippen molar-refractivity contribution in [2.45, 2.75) is 0 Å². The first-order valence-corrected chi connectivity index (χ1v) is 14.9. The van der Waals surface area contributed by atoms with E-state index in [4.69, 9.17) is 10.1 Å². The molecule has 4 heterocycles. The van der Waals surface area contributed by atoms with Gasteiger partial charge in [-0.25, -0.2) is 4.52 Å². The lowest BCUT2D eigenvalue weighted by Crippen LogP contribution is -1.97. The highest BCUT2D eigenvalue weighted by Crippen LogP contribution is 2.42. The Bertz CT molecular complexity index is 2470. The summed E-state index contributed by atoms with van der Waals surface area (Å²) in [6.07, 6.45) is 1.84. The van der Waals surface area contributed by atoms with Crippen LogP contribution in [0.25, 0.3) is 77.6 Å². The molecule has 0 atom stereocenters. The number of nitrogens with zero attached hydrogens (tertiary/aromatic N) is 4. The molecule has 0 aliphatic heterocycles. The lowest BCUT2D eigenvalue weighted by molar-refractivity contribution is 0.972. The van der Waals surface area contributed by atoms with Gasteiger partial charge in [-0.3, -0.25) is 4.98 Å². The van der Waals surface area contributed by atoms with E-state index in [0.29, 0.717) is 0 Å². The van der Waals surface area contributed by atoms with Crippen molar-refractivity contribution in [2.24, 2.45) is 0 Å². The lowest BCUT2D eigenvalue weighted by atomic mass is 9.96. The van der Waals surface area contributed by atoms with Crippen molar-refractivity contribution in [3.05, 3.63) is 158 Å². The van der Waals surface area contributed by atoms with Crippen LogP contribution in [0.1, 0.15) is 0 Å². The van der Waals surface area contributed by atoms with Crippen LogP contribution in [0, 0.1) is 0 Å². The quantitative estimate of drug-likeness (QED) is 0.214. The lowest BCUT2D eigenvalue weighted by Gasteiger charge is -2.10. The van der Waals surface area contributed by atoms with Crippen LogP contribution in [0.4, 0.5) is 0 Å². The van der Waals surface area contributed by atoms with E-state index in [9.17, 15) is 0 Å². The minimum absolute atomic E-state index is 0.887. The fourth-order valence-corrected chi connectivity index (χ4v) is 6.64. The second-order valence-electron chi connectivity index (χ2n) is 11.1. The molecule has 0 saturated carbocycles. The zero-order valence-electron chi connectivity index (χ0n) is 23.8. The van der Waals surface area contributed by atoms with Crippen LogP contribution in [-0.2, 0) is 0 Å². The van der Waals surface area contributed by atoms with Crippen LogP contribution in [0.15, 0.2) is 158 Å². The third kappa shape index (κ3) is 3.71. The van der Waals surface area contributed by atoms with E-state index in [0.717, 1.165) is 55.7 Å². The Morgan fingerprint density at radius 2 is 1.20 bits per heavy atom. The fraction of sp³-hybridized carbons (Fsp3) is 0. The van der Waals surface area contributed by atoms with E-state index in [-0.39, 0.29) is 0 Å². The molecule has 0 saturated heterocycles. The molecule has 0 amide bonds. The molecule has 44 heavy (non-hydrogen) atoms. The van der Waals surface area contributed by atoms with Crippen LogP contribution < -0.4 is 0 Å². The molecule has 0 fully saturated rings. The van der Waals surface area contributed by atoms with Crippen molar-refractivity contribution in [1.29, 1.82) is 0 Å². The average molecular weight is 563 g/mol. The summed E-state index contributed by atoms with van der Waals surface area (Å²) >= 11 is 0. The topological polar surface area (TPSA) is 35.1 Å². The van der Waals surface area contributed by atoms with Crippen molar-refractivity contribution >= 4 is 38.1 Å². The van der Waals surface area contributed by atoms with Crippen LogP contribution in [0.5, 0.6) is 0 Å². The number of pyridine rings is 2. The van der Waals surface area contributed by atoms with Gasteiger partial charge in [0.2, 0.25) is 0 Å². The number of aromatic nitrogens is 4. The van der Waals surface area contributed by atoms with Gasteiger partial charge in [-0.2, -0.15) is 5.10 Å². The van der Waals surface area contributed by atoms with Crippen LogP contribution >= 0.6 is 0 Å². The maximum absolute atomic E-state index is 5.41. The summed E-state index contributed by atoms with van der Waals surface area (Å²) in [7, 11) is 0. The summed E-state index contributed by atoms with van der Waals surface area (Å²) in [4.78, 5) is 4.73. The van der Waals surface area contributed by atoms with Crippen LogP contribution in [-0.4, -0.2) is 19.2 Å². The molecule has 0 bridgehead atoms. The Morgan fingerprint density at radius 1 is 0.500 bits per heavy atom. The third-order valence-electron chi connectivity index (χ3n) is 8.57. The zero-order valence-corrected chi connectivity index (χ0v) is 23.8. The number of fused-ring (bicyclic) bond motifs is 6. The largest absolute Gasteiger partial charge is 0.309 e. The molecule has 0 radical (unpaired) electrons. The molecule has 4 nitrogen and oxygen atoms in total. The first-order valence-electron chi connectivity index (χ1n) is 14.9. The summed E-state index contributed by atoms with van der Waals surface area (Å²) in [5.74, 6) is 0. The standard InChI is InChI=1S/C40H26N4/c1-3-13-27(14-4-1)38-39(42-44-37(34-20-11-12-24-41-34)26-28-15-7-8-18-31(28)40(38)44)29-22-23-36-33(25-29)32-19-9-10-21-35(32)43(36)30-16-5-2-6-17-30/h1-26H. The van der Waals surface area contributed by atoms with E-state index in [2.05, 4.69) is 149 Å². The normalized spacial score (nSPS) is 11.6. The number of para-hydroxylation sites is 2. The molecule has 0 N–H and O–H groups in total. The van der Waals surface area contributed by atoms with E-state index in [1.54, 1.807) is 0 Å². The Morgan fingerprint density at radius 3 is 2.02 bits per heavy atom. The number of benzene rings is 5. The van der Waals surface area contributed by atoms with Gasteiger partial charge in [0.1, 0.15) is 5.69 Å². The van der Waals surface area contributed by atoms with Gasteiger partial charge >= 0.3 is 0 Å². The van der Waals surface area contributed by atoms with Crippen molar-refractivity contribution in [3.8, 4) is 39.5 Å². The van der Waals surface area contributed by atoms with Gasteiger partial charge in [0, 0.05) is 39.2 Å². The molecule has 4 aromatic heterocycles. The minimum Gasteiger partial charge on any atom is -0.309 e. The Balaban J connectivity index is 1.40. The monoisotopic (exact) mass is 562 g/mol. The molecule has 0 aliphatic rings. The predicted octanol–water partition coefficient (Wildman–Crippen LogP) is 9.98. The maximum atomic E-state index is 5.41. The number of hydrogen-bond donors (Lipinski definition) is 0. The molecule has 0 spiro atoms. The first-order chi connectivity index (χ1) is 21.8. The van der Waals surface area contributed by atoms with Gasteiger partial charge < -0.3 is 4.57 Å². The van der Waals surface area contributed by atoms with Crippen LogP contribution in [0.2, 0.25) is 0 Å². The van der Waals surface area contributed by atoms with Crippen LogP contribution in [0.3, 0.4) is 0 Å². The van der Waals surface area contributed by atoms with Crippen molar-refractivity contribution in [2.75, 3.05) is 0 Å². The predicted molar refractivity (Wildman–Crippen MR) is 181 cm³/mol. The SMILES string of the molecule is c1ccc(-c2c(-c3ccc4c(c3)c3ccccc3n4-c3ccccc3)nn3c(-c4ccccn4)cc4ccccc4c23)cc1. The molecular formula is C40H26N4. The highest BCUT2D eigenvalue weighted by atomic mass is 15.2. The molecule has 5 aromatic carbocycles. The van der Waals surface area contributed by atoms with Gasteiger partial charge in [-0.1, -0.05) is 103 Å². The van der Waals surface area contributed by atoms with Gasteiger partial charge in [0.25, 0.3) is 0 Å². The highest BCUT2D eigenvalue weighted by molar-refractivity contribution is 6.12. The van der Waals surface area contributed by atoms with Crippen molar-refractivity contribution < 1.29 is 0 Å². The van der Waals surface area contributed by atoms with Gasteiger partial charge in [0.15, 0.2) is 0 Å². The smallest absolute Gasteiger partial charge is 0.101 e. The Hall–Kier alpha value is -6.00. The summed E-state index contributed by atoms with van der Waals surface area (Å²) in [5.41, 5.74) is 10.7. The summed E-state index contributed by atoms with van der Waals surface area (Å²) < 4.78 is 4.45. The average Bonchev–Trinajstić information content (AvgIpc) is 3.66. The van der Waals surface area contributed by atoms with Gasteiger partial charge in [0.05, 0.1) is 27.9 Å². The van der Waals surface area contributed by atoms with E-state index in [1.165, 1.54) is 21.8 Å². The Kier molecular flexibility index (Phi) is 5.47. The summed E-state index contributed by atoms with van der Waals surface area (Å²) in [6.45, 7) is 0. The molecule has 4 heteroatoms. The minimum atomic E-state index is 0.887. The Labute approximate surface area is 254 Å². The fourth-order valence-electron chi connectivity index (χ4n) is 6.64. The second kappa shape index (κ2) is 9.79. The van der Waals surface area contributed by atoms with Gasteiger partial charge in [-0.05, 0) is 59.5 Å². The molecule has 0 aliphatic carbocycles. The van der Waals surface area contributed by atoms with E-state index < -0.39 is 0 Å².